The van der Waals surface area contributed by atoms with Gasteiger partial charge in [0.2, 0.25) is 0 Å². The van der Waals surface area contributed by atoms with Gasteiger partial charge in [0.15, 0.2) is 0 Å². The van der Waals surface area contributed by atoms with Gasteiger partial charge in [-0.3, -0.25) is 0 Å². The summed E-state index contributed by atoms with van der Waals surface area (Å²) in [5.74, 6) is 0.756. The third kappa shape index (κ3) is 4.27. The standard InChI is InChI=1S/C11H15NO2S/c1-12(8-9-13-2)11(15)14-10-6-4-3-5-7-10/h3-7H,8-9H2,1-2H3. The quantitative estimate of drug-likeness (QED) is 0.730. The smallest absolute Gasteiger partial charge is 0.264 e. The van der Waals surface area contributed by atoms with E-state index >= 15 is 0 Å². The number of methoxy groups -OCH3 is 1. The molecule has 4 heteroatoms. The summed E-state index contributed by atoms with van der Waals surface area (Å²) in [5.41, 5.74) is 0. The SMILES string of the molecule is COCCN(C)C(=S)Oc1ccccc1. The molecular weight excluding hydrogens is 210 g/mol. The van der Waals surface area contributed by atoms with E-state index in [1.165, 1.54) is 0 Å². The second-order valence-corrected chi connectivity index (χ2v) is 3.44. The Hall–Kier alpha value is -1.13. The number of likely N-dealkylation sites (N-methyl/N-ethyl adjacent to an activating group) is 1. The lowest BCUT2D eigenvalue weighted by Gasteiger charge is -2.19. The zero-order valence-corrected chi connectivity index (χ0v) is 9.79. The molecule has 1 rings (SSSR count). The summed E-state index contributed by atoms with van der Waals surface area (Å²) in [7, 11) is 3.54. The number of para-hydroxylation sites is 1. The summed E-state index contributed by atoms with van der Waals surface area (Å²) < 4.78 is 10.4. The normalized spacial score (nSPS) is 9.73. The van der Waals surface area contributed by atoms with Gasteiger partial charge in [0, 0.05) is 20.7 Å². The minimum atomic E-state index is 0.457. The van der Waals surface area contributed by atoms with Crippen molar-refractivity contribution in [1.29, 1.82) is 0 Å². The Balaban J connectivity index is 2.42. The topological polar surface area (TPSA) is 21.7 Å². The van der Waals surface area contributed by atoms with Crippen LogP contribution >= 0.6 is 12.2 Å². The van der Waals surface area contributed by atoms with Crippen LogP contribution in [0.3, 0.4) is 0 Å². The van der Waals surface area contributed by atoms with Crippen molar-refractivity contribution in [3.8, 4) is 5.75 Å². The monoisotopic (exact) mass is 225 g/mol. The molecule has 0 aliphatic carbocycles. The molecule has 0 N–H and O–H groups in total. The number of hydrogen-bond donors (Lipinski definition) is 0. The van der Waals surface area contributed by atoms with Crippen molar-refractivity contribution in [1.82, 2.24) is 4.90 Å². The fourth-order valence-corrected chi connectivity index (χ4v) is 1.17. The van der Waals surface area contributed by atoms with Crippen molar-refractivity contribution in [2.24, 2.45) is 0 Å². The molecular formula is C11H15NO2S. The summed E-state index contributed by atoms with van der Waals surface area (Å²) in [6.07, 6.45) is 0. The molecule has 0 unspecified atom stereocenters. The van der Waals surface area contributed by atoms with Gasteiger partial charge in [-0.15, -0.1) is 0 Å². The van der Waals surface area contributed by atoms with Crippen LogP contribution in [0.2, 0.25) is 0 Å². The minimum absolute atomic E-state index is 0.457. The zero-order chi connectivity index (χ0) is 11.1. The third-order valence-corrected chi connectivity index (χ3v) is 2.29. The molecule has 0 aliphatic rings. The lowest BCUT2D eigenvalue weighted by molar-refractivity contribution is 0.179. The Morgan fingerprint density at radius 3 is 2.60 bits per heavy atom. The lowest BCUT2D eigenvalue weighted by Crippen LogP contribution is -2.32. The molecule has 0 amide bonds. The number of thiocarbonyl (C=S) groups is 1. The van der Waals surface area contributed by atoms with Crippen LogP contribution in [0.5, 0.6) is 5.75 Å². The molecule has 1 aromatic rings. The number of nitrogens with zero attached hydrogens (tertiary/aromatic N) is 1. The van der Waals surface area contributed by atoms with Gasteiger partial charge in [0.1, 0.15) is 5.75 Å². The van der Waals surface area contributed by atoms with Crippen LogP contribution in [-0.2, 0) is 4.74 Å². The largest absolute Gasteiger partial charge is 0.432 e. The van der Waals surface area contributed by atoms with Gasteiger partial charge in [-0.25, -0.2) is 0 Å². The number of ether oxygens (including phenoxy) is 2. The van der Waals surface area contributed by atoms with E-state index in [2.05, 4.69) is 0 Å². The first-order valence-corrected chi connectivity index (χ1v) is 5.12. The second-order valence-electron chi connectivity index (χ2n) is 3.10. The van der Waals surface area contributed by atoms with Gasteiger partial charge in [0.05, 0.1) is 6.61 Å². The Morgan fingerprint density at radius 2 is 2.00 bits per heavy atom. The first kappa shape index (κ1) is 11.9. The summed E-state index contributed by atoms with van der Waals surface area (Å²) in [5, 5.41) is 0.457. The number of hydrogen-bond acceptors (Lipinski definition) is 3. The van der Waals surface area contributed by atoms with Gasteiger partial charge in [-0.05, 0) is 24.4 Å². The van der Waals surface area contributed by atoms with E-state index in [4.69, 9.17) is 21.7 Å². The zero-order valence-electron chi connectivity index (χ0n) is 8.97. The van der Waals surface area contributed by atoms with E-state index in [0.717, 1.165) is 12.3 Å². The summed E-state index contributed by atoms with van der Waals surface area (Å²) in [6, 6.07) is 9.50. The molecule has 3 nitrogen and oxygen atoms in total. The molecule has 0 saturated heterocycles. The molecule has 0 radical (unpaired) electrons. The molecule has 0 fully saturated rings. The predicted octanol–water partition coefficient (Wildman–Crippen LogP) is 1.93. The van der Waals surface area contributed by atoms with Crippen molar-refractivity contribution in [2.45, 2.75) is 0 Å². The molecule has 0 saturated carbocycles. The Morgan fingerprint density at radius 1 is 1.33 bits per heavy atom. The second kappa shape index (κ2) is 6.37. The summed E-state index contributed by atoms with van der Waals surface area (Å²) in [6.45, 7) is 1.36. The van der Waals surface area contributed by atoms with Crippen LogP contribution in [0.25, 0.3) is 0 Å². The lowest BCUT2D eigenvalue weighted by atomic mass is 10.3. The van der Waals surface area contributed by atoms with Crippen LogP contribution in [-0.4, -0.2) is 37.4 Å². The minimum Gasteiger partial charge on any atom is -0.432 e. The van der Waals surface area contributed by atoms with Crippen LogP contribution in [0.1, 0.15) is 0 Å². The molecule has 0 heterocycles. The molecule has 82 valence electrons. The Kier molecular flexibility index (Phi) is 5.07. The van der Waals surface area contributed by atoms with Crippen molar-refractivity contribution in [2.75, 3.05) is 27.3 Å². The van der Waals surface area contributed by atoms with Crippen molar-refractivity contribution < 1.29 is 9.47 Å². The molecule has 0 aromatic heterocycles. The highest BCUT2D eigenvalue weighted by molar-refractivity contribution is 7.80. The van der Waals surface area contributed by atoms with E-state index in [9.17, 15) is 0 Å². The number of rotatable bonds is 4. The maximum Gasteiger partial charge on any atom is 0.264 e. The molecule has 0 atom stereocenters. The number of benzene rings is 1. The maximum atomic E-state index is 5.48. The van der Waals surface area contributed by atoms with Crippen molar-refractivity contribution in [3.05, 3.63) is 30.3 Å². The van der Waals surface area contributed by atoms with Gasteiger partial charge < -0.3 is 14.4 Å². The summed E-state index contributed by atoms with van der Waals surface area (Å²) >= 11 is 5.12. The van der Waals surface area contributed by atoms with Crippen LogP contribution < -0.4 is 4.74 Å². The van der Waals surface area contributed by atoms with Crippen LogP contribution in [0.15, 0.2) is 30.3 Å². The maximum absolute atomic E-state index is 5.48. The molecule has 15 heavy (non-hydrogen) atoms. The Labute approximate surface area is 95.6 Å². The first-order chi connectivity index (χ1) is 7.24. The predicted molar refractivity (Wildman–Crippen MR) is 64.2 cm³/mol. The van der Waals surface area contributed by atoms with Gasteiger partial charge in [0.25, 0.3) is 5.17 Å². The highest BCUT2D eigenvalue weighted by Gasteiger charge is 2.05. The van der Waals surface area contributed by atoms with Crippen LogP contribution in [0, 0.1) is 0 Å². The van der Waals surface area contributed by atoms with Gasteiger partial charge >= 0.3 is 0 Å². The van der Waals surface area contributed by atoms with Crippen LogP contribution in [0.4, 0.5) is 0 Å². The summed E-state index contributed by atoms with van der Waals surface area (Å²) in [4.78, 5) is 1.84. The fraction of sp³-hybridized carbons (Fsp3) is 0.364. The Bertz CT molecular complexity index is 303. The highest BCUT2D eigenvalue weighted by atomic mass is 32.1. The molecule has 0 bridgehead atoms. The first-order valence-electron chi connectivity index (χ1n) is 4.71. The van der Waals surface area contributed by atoms with E-state index in [0.29, 0.717) is 11.8 Å². The van der Waals surface area contributed by atoms with E-state index in [-0.39, 0.29) is 0 Å². The average Bonchev–Trinajstić information content (AvgIpc) is 2.27. The van der Waals surface area contributed by atoms with E-state index in [1.807, 2.05) is 42.3 Å². The molecule has 0 aliphatic heterocycles. The van der Waals surface area contributed by atoms with Gasteiger partial charge in [-0.1, -0.05) is 18.2 Å². The average molecular weight is 225 g/mol. The van der Waals surface area contributed by atoms with E-state index < -0.39 is 0 Å². The molecule has 1 aromatic carbocycles. The van der Waals surface area contributed by atoms with Crippen molar-refractivity contribution >= 4 is 17.4 Å². The van der Waals surface area contributed by atoms with E-state index in [1.54, 1.807) is 7.11 Å². The highest BCUT2D eigenvalue weighted by Crippen LogP contribution is 2.09. The van der Waals surface area contributed by atoms with Crippen molar-refractivity contribution in [3.63, 3.8) is 0 Å². The third-order valence-electron chi connectivity index (χ3n) is 1.89. The van der Waals surface area contributed by atoms with Gasteiger partial charge in [-0.2, -0.15) is 0 Å². The fourth-order valence-electron chi connectivity index (χ4n) is 0.987. The molecule has 0 spiro atoms.